The van der Waals surface area contributed by atoms with E-state index < -0.39 is 0 Å². The Morgan fingerprint density at radius 3 is 2.70 bits per heavy atom. The van der Waals surface area contributed by atoms with E-state index in [4.69, 9.17) is 4.74 Å². The van der Waals surface area contributed by atoms with Gasteiger partial charge in [0.2, 0.25) is 5.91 Å². The van der Waals surface area contributed by atoms with Gasteiger partial charge in [-0.2, -0.15) is 5.10 Å². The van der Waals surface area contributed by atoms with Gasteiger partial charge in [-0.1, -0.05) is 54.6 Å². The molecule has 0 aliphatic rings. The van der Waals surface area contributed by atoms with Crippen molar-refractivity contribution in [3.8, 4) is 5.75 Å². The summed E-state index contributed by atoms with van der Waals surface area (Å²) in [5.41, 5.74) is 5.45. The van der Waals surface area contributed by atoms with Crippen LogP contribution in [0.4, 0.5) is 0 Å². The van der Waals surface area contributed by atoms with Crippen LogP contribution in [0.3, 0.4) is 0 Å². The Balaban J connectivity index is 1.92. The number of hydrogen-bond acceptors (Lipinski definition) is 3. The molecule has 2 aromatic rings. The van der Waals surface area contributed by atoms with Crippen LogP contribution in [0.25, 0.3) is 0 Å². The van der Waals surface area contributed by atoms with Crippen molar-refractivity contribution in [2.75, 3.05) is 6.61 Å². The molecular weight excluding hydrogens is 288 g/mol. The molecule has 2 rings (SSSR count). The maximum absolute atomic E-state index is 11.9. The van der Waals surface area contributed by atoms with E-state index >= 15 is 0 Å². The number of carbonyl (C=O) groups is 1. The van der Waals surface area contributed by atoms with Crippen LogP contribution in [0.1, 0.15) is 16.7 Å². The second kappa shape index (κ2) is 8.54. The molecule has 0 aromatic heterocycles. The predicted molar refractivity (Wildman–Crippen MR) is 92.8 cm³/mol. The molecule has 0 aliphatic heterocycles. The number of carbonyl (C=O) groups excluding carboxylic acids is 1. The van der Waals surface area contributed by atoms with Crippen molar-refractivity contribution in [1.82, 2.24) is 5.43 Å². The number of aryl methyl sites for hydroxylation is 1. The molecule has 0 saturated carbocycles. The minimum Gasteiger partial charge on any atom is -0.489 e. The summed E-state index contributed by atoms with van der Waals surface area (Å²) in [6.45, 7) is 6.06. The molecule has 118 valence electrons. The van der Waals surface area contributed by atoms with Crippen LogP contribution in [-0.2, 0) is 11.2 Å². The molecule has 1 N–H and O–H groups in total. The van der Waals surface area contributed by atoms with Crippen molar-refractivity contribution < 1.29 is 9.53 Å². The summed E-state index contributed by atoms with van der Waals surface area (Å²) in [6.07, 6.45) is 3.55. The summed E-state index contributed by atoms with van der Waals surface area (Å²) in [4.78, 5) is 11.9. The lowest BCUT2D eigenvalue weighted by Crippen LogP contribution is -2.19. The van der Waals surface area contributed by atoms with E-state index in [1.807, 2.05) is 55.5 Å². The summed E-state index contributed by atoms with van der Waals surface area (Å²) in [5.74, 6) is 0.540. The monoisotopic (exact) mass is 308 g/mol. The van der Waals surface area contributed by atoms with E-state index in [0.717, 1.165) is 11.1 Å². The standard InChI is InChI=1S/C19H20N2O2/c1-3-12-23-18-7-5-4-6-17(18)14-20-21-19(22)13-16-10-8-15(2)9-11-16/h3-11,14H,1,12-13H2,2H3,(H,21,22)/b20-14-. The van der Waals surface area contributed by atoms with Crippen LogP contribution in [-0.4, -0.2) is 18.7 Å². The number of nitrogens with one attached hydrogen (secondary N) is 1. The molecule has 0 radical (unpaired) electrons. The molecule has 0 unspecified atom stereocenters. The van der Waals surface area contributed by atoms with Crippen LogP contribution in [0, 0.1) is 6.92 Å². The first-order valence-corrected chi connectivity index (χ1v) is 7.39. The Morgan fingerprint density at radius 1 is 1.22 bits per heavy atom. The fourth-order valence-corrected chi connectivity index (χ4v) is 1.97. The molecule has 23 heavy (non-hydrogen) atoms. The predicted octanol–water partition coefficient (Wildman–Crippen LogP) is 3.25. The molecule has 0 saturated heterocycles. The van der Waals surface area contributed by atoms with E-state index in [0.29, 0.717) is 18.8 Å². The number of para-hydroxylation sites is 1. The molecular formula is C19H20N2O2. The van der Waals surface area contributed by atoms with Crippen LogP contribution >= 0.6 is 0 Å². The zero-order valence-electron chi connectivity index (χ0n) is 13.2. The van der Waals surface area contributed by atoms with Crippen molar-refractivity contribution in [2.24, 2.45) is 5.10 Å². The van der Waals surface area contributed by atoms with Gasteiger partial charge in [0.05, 0.1) is 12.6 Å². The molecule has 4 heteroatoms. The lowest BCUT2D eigenvalue weighted by molar-refractivity contribution is -0.120. The lowest BCUT2D eigenvalue weighted by atomic mass is 10.1. The molecule has 1 amide bonds. The highest BCUT2D eigenvalue weighted by Gasteiger charge is 2.02. The van der Waals surface area contributed by atoms with E-state index in [2.05, 4.69) is 17.1 Å². The van der Waals surface area contributed by atoms with E-state index in [-0.39, 0.29) is 5.91 Å². The molecule has 0 aliphatic carbocycles. The third-order valence-corrected chi connectivity index (χ3v) is 3.15. The molecule has 0 fully saturated rings. The van der Waals surface area contributed by atoms with Gasteiger partial charge in [-0.25, -0.2) is 5.43 Å². The highest BCUT2D eigenvalue weighted by molar-refractivity contribution is 5.85. The Hall–Kier alpha value is -2.88. The first-order valence-electron chi connectivity index (χ1n) is 7.39. The second-order valence-corrected chi connectivity index (χ2v) is 5.09. The largest absolute Gasteiger partial charge is 0.489 e. The second-order valence-electron chi connectivity index (χ2n) is 5.09. The van der Waals surface area contributed by atoms with Crippen molar-refractivity contribution in [3.05, 3.63) is 77.9 Å². The number of rotatable bonds is 7. The summed E-state index contributed by atoms with van der Waals surface area (Å²) in [6, 6.07) is 15.3. The Bertz CT molecular complexity index is 691. The smallest absolute Gasteiger partial charge is 0.244 e. The zero-order valence-corrected chi connectivity index (χ0v) is 13.2. The Labute approximate surface area is 136 Å². The first-order chi connectivity index (χ1) is 11.2. The van der Waals surface area contributed by atoms with Crippen molar-refractivity contribution in [2.45, 2.75) is 13.3 Å². The lowest BCUT2D eigenvalue weighted by Gasteiger charge is -2.06. The van der Waals surface area contributed by atoms with Crippen LogP contribution in [0.2, 0.25) is 0 Å². The molecule has 0 spiro atoms. The third-order valence-electron chi connectivity index (χ3n) is 3.15. The fourth-order valence-electron chi connectivity index (χ4n) is 1.97. The highest BCUT2D eigenvalue weighted by Crippen LogP contribution is 2.15. The fraction of sp³-hybridized carbons (Fsp3) is 0.158. The molecule has 0 heterocycles. The van der Waals surface area contributed by atoms with Gasteiger partial charge < -0.3 is 4.74 Å². The van der Waals surface area contributed by atoms with Gasteiger partial charge in [-0.05, 0) is 24.6 Å². The van der Waals surface area contributed by atoms with E-state index in [1.54, 1.807) is 12.3 Å². The third kappa shape index (κ3) is 5.43. The molecule has 0 bridgehead atoms. The summed E-state index contributed by atoms with van der Waals surface area (Å²) >= 11 is 0. The number of nitrogens with zero attached hydrogens (tertiary/aromatic N) is 1. The number of amides is 1. The molecule has 4 nitrogen and oxygen atoms in total. The van der Waals surface area contributed by atoms with Gasteiger partial charge in [-0.3, -0.25) is 4.79 Å². The van der Waals surface area contributed by atoms with E-state index in [9.17, 15) is 4.79 Å². The number of benzene rings is 2. The SMILES string of the molecule is C=CCOc1ccccc1/C=N\NC(=O)Cc1ccc(C)cc1. The quantitative estimate of drug-likeness (QED) is 0.485. The molecule has 2 aromatic carbocycles. The summed E-state index contributed by atoms with van der Waals surface area (Å²) in [5, 5.41) is 3.99. The van der Waals surface area contributed by atoms with Gasteiger partial charge in [0, 0.05) is 5.56 Å². The average molecular weight is 308 g/mol. The topological polar surface area (TPSA) is 50.7 Å². The van der Waals surface area contributed by atoms with Crippen LogP contribution < -0.4 is 10.2 Å². The van der Waals surface area contributed by atoms with Gasteiger partial charge in [-0.15, -0.1) is 0 Å². The minimum absolute atomic E-state index is 0.158. The zero-order chi connectivity index (χ0) is 16.5. The van der Waals surface area contributed by atoms with Crippen molar-refractivity contribution in [3.63, 3.8) is 0 Å². The average Bonchev–Trinajstić information content (AvgIpc) is 2.56. The number of ether oxygens (including phenoxy) is 1. The normalized spacial score (nSPS) is 10.5. The highest BCUT2D eigenvalue weighted by atomic mass is 16.5. The van der Waals surface area contributed by atoms with Crippen LogP contribution in [0.5, 0.6) is 5.75 Å². The van der Waals surface area contributed by atoms with Gasteiger partial charge in [0.1, 0.15) is 12.4 Å². The minimum atomic E-state index is -0.158. The number of hydrazone groups is 1. The van der Waals surface area contributed by atoms with Gasteiger partial charge >= 0.3 is 0 Å². The van der Waals surface area contributed by atoms with Gasteiger partial charge in [0.15, 0.2) is 0 Å². The first kappa shape index (κ1) is 16.5. The van der Waals surface area contributed by atoms with Crippen LogP contribution in [0.15, 0.2) is 66.3 Å². The van der Waals surface area contributed by atoms with Crippen molar-refractivity contribution in [1.29, 1.82) is 0 Å². The van der Waals surface area contributed by atoms with Crippen molar-refractivity contribution >= 4 is 12.1 Å². The van der Waals surface area contributed by atoms with E-state index in [1.165, 1.54) is 5.56 Å². The number of hydrogen-bond donors (Lipinski definition) is 1. The summed E-state index contributed by atoms with van der Waals surface area (Å²) < 4.78 is 5.53. The Kier molecular flexibility index (Phi) is 6.12. The summed E-state index contributed by atoms with van der Waals surface area (Å²) in [7, 11) is 0. The Morgan fingerprint density at radius 2 is 1.96 bits per heavy atom. The maximum atomic E-state index is 11.9. The van der Waals surface area contributed by atoms with Gasteiger partial charge in [0.25, 0.3) is 0 Å². The maximum Gasteiger partial charge on any atom is 0.244 e. The molecule has 0 atom stereocenters.